The second-order valence-corrected chi connectivity index (χ2v) is 7.56. The summed E-state index contributed by atoms with van der Waals surface area (Å²) < 4.78 is 11.2. The first kappa shape index (κ1) is 16.6. The quantitative estimate of drug-likeness (QED) is 0.825. The molecule has 0 amide bonds. The number of aromatic nitrogens is 1. The highest BCUT2D eigenvalue weighted by molar-refractivity contribution is 5.81. The zero-order chi connectivity index (χ0) is 18.4. The van der Waals surface area contributed by atoms with E-state index in [0.717, 1.165) is 43.0 Å². The highest BCUT2D eigenvalue weighted by Gasteiger charge is 2.50. The third-order valence-corrected chi connectivity index (χ3v) is 6.11. The van der Waals surface area contributed by atoms with Gasteiger partial charge in [-0.15, -0.1) is 0 Å². The van der Waals surface area contributed by atoms with E-state index in [-0.39, 0.29) is 18.6 Å². The van der Waals surface area contributed by atoms with Gasteiger partial charge in [-0.05, 0) is 54.3 Å². The molecule has 140 valence electrons. The normalized spacial score (nSPS) is 30.7. The molecular weight excluding hydrogens is 342 g/mol. The smallest absolute Gasteiger partial charge is 0.329 e. The van der Waals surface area contributed by atoms with Crippen LogP contribution in [0.1, 0.15) is 18.4 Å². The Morgan fingerprint density at radius 2 is 2.19 bits per heavy atom. The number of nitrogens with one attached hydrogen (secondary N) is 1. The van der Waals surface area contributed by atoms with Gasteiger partial charge in [0.15, 0.2) is 0 Å². The number of carbonyl (C=O) groups excluding carboxylic acids is 1. The summed E-state index contributed by atoms with van der Waals surface area (Å²) in [5, 5.41) is 3.56. The highest BCUT2D eigenvalue weighted by Crippen LogP contribution is 2.48. The van der Waals surface area contributed by atoms with Gasteiger partial charge in [-0.3, -0.25) is 9.88 Å². The van der Waals surface area contributed by atoms with Crippen LogP contribution in [0.2, 0.25) is 0 Å². The lowest BCUT2D eigenvalue weighted by molar-refractivity contribution is -0.149. The predicted molar refractivity (Wildman–Crippen MR) is 98.9 cm³/mol. The second-order valence-electron chi connectivity index (χ2n) is 7.56. The molecule has 1 aromatic rings. The summed E-state index contributed by atoms with van der Waals surface area (Å²) in [5.41, 5.74) is 4.57. The Morgan fingerprint density at radius 1 is 1.33 bits per heavy atom. The van der Waals surface area contributed by atoms with Crippen LogP contribution in [0.4, 0.5) is 0 Å². The minimum absolute atomic E-state index is 0.175. The first-order valence-electron chi connectivity index (χ1n) is 9.50. The Kier molecular flexibility index (Phi) is 4.01. The second kappa shape index (κ2) is 6.53. The van der Waals surface area contributed by atoms with Crippen molar-refractivity contribution in [3.05, 3.63) is 65.0 Å². The highest BCUT2D eigenvalue weighted by atomic mass is 16.5. The number of hydrogen-bond donors (Lipinski definition) is 1. The van der Waals surface area contributed by atoms with E-state index in [9.17, 15) is 4.79 Å². The van der Waals surface area contributed by atoms with Crippen molar-refractivity contribution in [3.8, 4) is 0 Å². The van der Waals surface area contributed by atoms with Crippen molar-refractivity contribution in [2.24, 2.45) is 11.8 Å². The van der Waals surface area contributed by atoms with Crippen molar-refractivity contribution >= 4 is 5.97 Å². The standard InChI is InChI=1S/C21H23N3O3/c1-26-15-2-3-17-16(10-15)18-14-6-9-24(11-14)20(19(18)23-17)21(25)27-12-13-4-7-22-8-5-13/h2-5,7-8,14,16,20,23H,6,9-12H2,1H3. The molecule has 0 saturated carbocycles. The average Bonchev–Trinajstić information content (AvgIpc) is 3.29. The molecule has 6 heteroatoms. The van der Waals surface area contributed by atoms with Crippen molar-refractivity contribution in [2.45, 2.75) is 25.5 Å². The fourth-order valence-corrected chi connectivity index (χ4v) is 4.82. The lowest BCUT2D eigenvalue weighted by Crippen LogP contribution is -2.47. The zero-order valence-electron chi connectivity index (χ0n) is 15.4. The van der Waals surface area contributed by atoms with E-state index in [1.807, 2.05) is 18.2 Å². The summed E-state index contributed by atoms with van der Waals surface area (Å²) in [6, 6.07) is 3.41. The van der Waals surface area contributed by atoms with Crippen LogP contribution in [0.25, 0.3) is 0 Å². The number of pyridine rings is 1. The molecule has 1 saturated heterocycles. The van der Waals surface area contributed by atoms with E-state index >= 15 is 0 Å². The number of rotatable bonds is 4. The Bertz CT molecular complexity index is 859. The molecule has 27 heavy (non-hydrogen) atoms. The Morgan fingerprint density at radius 3 is 3.00 bits per heavy atom. The molecule has 4 heterocycles. The van der Waals surface area contributed by atoms with Gasteiger partial charge in [0.05, 0.1) is 12.9 Å². The van der Waals surface area contributed by atoms with Gasteiger partial charge in [0.2, 0.25) is 0 Å². The van der Waals surface area contributed by atoms with Gasteiger partial charge in [0, 0.05) is 42.7 Å². The number of hydrogen-bond acceptors (Lipinski definition) is 6. The van der Waals surface area contributed by atoms with Gasteiger partial charge < -0.3 is 14.8 Å². The van der Waals surface area contributed by atoms with Crippen LogP contribution >= 0.6 is 0 Å². The van der Waals surface area contributed by atoms with Gasteiger partial charge in [-0.2, -0.15) is 0 Å². The molecule has 4 aliphatic rings. The van der Waals surface area contributed by atoms with Crippen LogP contribution in [-0.4, -0.2) is 42.1 Å². The fraction of sp³-hybridized carbons (Fsp3) is 0.429. The molecule has 6 nitrogen and oxygen atoms in total. The number of methoxy groups -OCH3 is 1. The molecular formula is C21H23N3O3. The van der Waals surface area contributed by atoms with Gasteiger partial charge in [0.25, 0.3) is 0 Å². The topological polar surface area (TPSA) is 63.7 Å². The minimum Gasteiger partial charge on any atom is -0.501 e. The molecule has 2 bridgehead atoms. The summed E-state index contributed by atoms with van der Waals surface area (Å²) in [6.07, 6.45) is 9.51. The van der Waals surface area contributed by atoms with E-state index in [0.29, 0.717) is 11.8 Å². The van der Waals surface area contributed by atoms with Gasteiger partial charge >= 0.3 is 5.97 Å². The van der Waals surface area contributed by atoms with Crippen LogP contribution in [0, 0.1) is 11.8 Å². The molecule has 1 N–H and O–H groups in total. The first-order valence-corrected chi connectivity index (χ1v) is 9.50. The lowest BCUT2D eigenvalue weighted by Gasteiger charge is -2.33. The minimum atomic E-state index is -0.335. The SMILES string of the molecule is COC1=CC=C2NC3=C(C4CCN(C4)C3C(=O)OCc3ccncc3)C2C1. The number of fused-ring (bicyclic) bond motifs is 5. The molecule has 1 aromatic heterocycles. The number of carbonyl (C=O) groups is 1. The lowest BCUT2D eigenvalue weighted by atomic mass is 9.81. The molecule has 0 radical (unpaired) electrons. The van der Waals surface area contributed by atoms with Crippen LogP contribution in [-0.2, 0) is 20.9 Å². The summed E-state index contributed by atoms with van der Waals surface area (Å²) in [6.45, 7) is 2.15. The Balaban J connectivity index is 1.40. The summed E-state index contributed by atoms with van der Waals surface area (Å²) >= 11 is 0. The molecule has 1 fully saturated rings. The molecule has 1 aliphatic carbocycles. The van der Waals surface area contributed by atoms with Crippen molar-refractivity contribution in [1.29, 1.82) is 0 Å². The molecule has 0 aromatic carbocycles. The van der Waals surface area contributed by atoms with Crippen LogP contribution < -0.4 is 5.32 Å². The number of esters is 1. The van der Waals surface area contributed by atoms with Crippen LogP contribution in [0.5, 0.6) is 0 Å². The molecule has 4 unspecified atom stereocenters. The number of nitrogens with zero attached hydrogens (tertiary/aromatic N) is 2. The van der Waals surface area contributed by atoms with E-state index in [1.54, 1.807) is 19.5 Å². The van der Waals surface area contributed by atoms with E-state index in [1.165, 1.54) is 11.3 Å². The zero-order valence-corrected chi connectivity index (χ0v) is 15.4. The number of allylic oxidation sites excluding steroid dienone is 4. The van der Waals surface area contributed by atoms with Crippen LogP contribution in [0.3, 0.4) is 0 Å². The summed E-state index contributed by atoms with van der Waals surface area (Å²) in [7, 11) is 1.72. The molecule has 4 atom stereocenters. The van der Waals surface area contributed by atoms with Crippen LogP contribution in [0.15, 0.2) is 59.4 Å². The third kappa shape index (κ3) is 2.75. The van der Waals surface area contributed by atoms with E-state index < -0.39 is 0 Å². The van der Waals surface area contributed by atoms with Crippen molar-refractivity contribution < 1.29 is 14.3 Å². The maximum absolute atomic E-state index is 13.0. The maximum Gasteiger partial charge on any atom is 0.329 e. The molecule has 3 aliphatic heterocycles. The first-order chi connectivity index (χ1) is 13.2. The molecule has 5 rings (SSSR count). The number of ether oxygens (including phenoxy) is 2. The Hall–Kier alpha value is -2.60. The van der Waals surface area contributed by atoms with E-state index in [2.05, 4.69) is 21.3 Å². The van der Waals surface area contributed by atoms with E-state index in [4.69, 9.17) is 9.47 Å². The summed E-state index contributed by atoms with van der Waals surface area (Å²) in [4.78, 5) is 19.3. The van der Waals surface area contributed by atoms with Gasteiger partial charge in [-0.25, -0.2) is 4.79 Å². The third-order valence-electron chi connectivity index (χ3n) is 6.11. The van der Waals surface area contributed by atoms with Crippen molar-refractivity contribution in [1.82, 2.24) is 15.2 Å². The van der Waals surface area contributed by atoms with Gasteiger partial charge in [0.1, 0.15) is 12.6 Å². The predicted octanol–water partition coefficient (Wildman–Crippen LogP) is 2.12. The summed E-state index contributed by atoms with van der Waals surface area (Å²) in [5.74, 6) is 1.65. The molecule has 0 spiro atoms. The fourth-order valence-electron chi connectivity index (χ4n) is 4.82. The largest absolute Gasteiger partial charge is 0.501 e. The van der Waals surface area contributed by atoms with Crippen molar-refractivity contribution in [3.63, 3.8) is 0 Å². The maximum atomic E-state index is 13.0. The monoisotopic (exact) mass is 365 g/mol. The van der Waals surface area contributed by atoms with Gasteiger partial charge in [-0.1, -0.05) is 0 Å². The average molecular weight is 365 g/mol. The Labute approximate surface area is 158 Å². The van der Waals surface area contributed by atoms with Crippen molar-refractivity contribution in [2.75, 3.05) is 20.2 Å².